The van der Waals surface area contributed by atoms with Crippen molar-refractivity contribution in [3.63, 3.8) is 0 Å². The van der Waals surface area contributed by atoms with Gasteiger partial charge in [-0.15, -0.1) is 0 Å². The van der Waals surface area contributed by atoms with E-state index in [0.717, 1.165) is 6.54 Å². The predicted octanol–water partition coefficient (Wildman–Crippen LogP) is 1.26. The Morgan fingerprint density at radius 2 is 2.21 bits per heavy atom. The van der Waals surface area contributed by atoms with Gasteiger partial charge < -0.3 is 10.1 Å². The van der Waals surface area contributed by atoms with Crippen molar-refractivity contribution in [2.45, 2.75) is 27.1 Å². The van der Waals surface area contributed by atoms with E-state index < -0.39 is 0 Å². The summed E-state index contributed by atoms with van der Waals surface area (Å²) in [5.74, 6) is -0.186. The zero-order chi connectivity index (χ0) is 13.8. The van der Waals surface area contributed by atoms with Crippen LogP contribution in [-0.2, 0) is 18.0 Å². The third-order valence-electron chi connectivity index (χ3n) is 2.67. The van der Waals surface area contributed by atoms with Crippen molar-refractivity contribution in [2.24, 2.45) is 0 Å². The number of hydrogen-bond donors (Lipinski definition) is 1. The summed E-state index contributed by atoms with van der Waals surface area (Å²) in [7, 11) is 1.59. The van der Waals surface area contributed by atoms with E-state index in [1.807, 2.05) is 13.8 Å². The van der Waals surface area contributed by atoms with Crippen molar-refractivity contribution in [1.82, 2.24) is 19.6 Å². The minimum absolute atomic E-state index is 0.186. The molecular formula is C12H17N5O2. The second-order valence-electron chi connectivity index (χ2n) is 4.12. The van der Waals surface area contributed by atoms with Crippen LogP contribution >= 0.6 is 0 Å². The van der Waals surface area contributed by atoms with Gasteiger partial charge in [-0.25, -0.2) is 4.68 Å². The molecule has 0 aromatic carbocycles. The molecule has 7 heteroatoms. The van der Waals surface area contributed by atoms with Crippen LogP contribution in [0.1, 0.15) is 23.0 Å². The summed E-state index contributed by atoms with van der Waals surface area (Å²) in [5, 5.41) is 11.1. The van der Waals surface area contributed by atoms with Gasteiger partial charge in [-0.1, -0.05) is 0 Å². The molecule has 1 N–H and O–H groups in total. The number of nitrogens with zero attached hydrogens (tertiary/aromatic N) is 4. The monoisotopic (exact) mass is 263 g/mol. The van der Waals surface area contributed by atoms with Gasteiger partial charge in [-0.05, 0) is 13.8 Å². The van der Waals surface area contributed by atoms with Crippen LogP contribution < -0.4 is 5.32 Å². The Kier molecular flexibility index (Phi) is 3.96. The van der Waals surface area contributed by atoms with Gasteiger partial charge in [0.25, 0.3) is 5.91 Å². The lowest BCUT2D eigenvalue weighted by molar-refractivity contribution is 0.102. The van der Waals surface area contributed by atoms with Crippen molar-refractivity contribution in [3.8, 4) is 0 Å². The fourth-order valence-corrected chi connectivity index (χ4v) is 1.73. The zero-order valence-electron chi connectivity index (χ0n) is 11.3. The second kappa shape index (κ2) is 5.66. The Labute approximate surface area is 111 Å². The van der Waals surface area contributed by atoms with Crippen molar-refractivity contribution in [3.05, 3.63) is 29.8 Å². The van der Waals surface area contributed by atoms with Crippen molar-refractivity contribution in [2.75, 3.05) is 12.4 Å². The molecule has 2 aromatic rings. The summed E-state index contributed by atoms with van der Waals surface area (Å²) in [4.78, 5) is 12.1. The van der Waals surface area contributed by atoms with Crippen LogP contribution in [0.2, 0.25) is 0 Å². The maximum atomic E-state index is 12.1. The first-order valence-electron chi connectivity index (χ1n) is 6.00. The number of carbonyl (C=O) groups excluding carboxylic acids is 1. The van der Waals surface area contributed by atoms with Crippen molar-refractivity contribution < 1.29 is 9.53 Å². The lowest BCUT2D eigenvalue weighted by Crippen LogP contribution is -2.12. The largest absolute Gasteiger partial charge is 0.362 e. The summed E-state index contributed by atoms with van der Waals surface area (Å²) in [6, 6.07) is 0. The van der Waals surface area contributed by atoms with E-state index in [0.29, 0.717) is 23.7 Å². The van der Waals surface area contributed by atoms with Gasteiger partial charge in [0.05, 0.1) is 29.3 Å². The number of aromatic nitrogens is 4. The Morgan fingerprint density at radius 1 is 1.42 bits per heavy atom. The van der Waals surface area contributed by atoms with E-state index in [1.165, 1.54) is 0 Å². The molecule has 0 aliphatic heterocycles. The normalized spacial score (nSPS) is 10.7. The molecule has 0 spiro atoms. The molecule has 0 aliphatic rings. The number of rotatable bonds is 5. The summed E-state index contributed by atoms with van der Waals surface area (Å²) >= 11 is 0. The van der Waals surface area contributed by atoms with Gasteiger partial charge in [0, 0.05) is 19.9 Å². The molecule has 0 fully saturated rings. The van der Waals surface area contributed by atoms with Gasteiger partial charge >= 0.3 is 0 Å². The molecule has 2 rings (SSSR count). The lowest BCUT2D eigenvalue weighted by Gasteiger charge is -2.00. The molecule has 0 radical (unpaired) electrons. The highest BCUT2D eigenvalue weighted by atomic mass is 16.5. The fraction of sp³-hybridized carbons (Fsp3) is 0.417. The fourth-order valence-electron chi connectivity index (χ4n) is 1.73. The second-order valence-corrected chi connectivity index (χ2v) is 4.12. The van der Waals surface area contributed by atoms with Gasteiger partial charge in [0.15, 0.2) is 0 Å². The molecule has 0 aliphatic carbocycles. The van der Waals surface area contributed by atoms with Crippen LogP contribution in [0.25, 0.3) is 0 Å². The molecule has 0 saturated heterocycles. The lowest BCUT2D eigenvalue weighted by atomic mass is 10.2. The Bertz CT molecular complexity index is 572. The zero-order valence-corrected chi connectivity index (χ0v) is 11.3. The van der Waals surface area contributed by atoms with Gasteiger partial charge in [-0.3, -0.25) is 9.48 Å². The van der Waals surface area contributed by atoms with Crippen molar-refractivity contribution in [1.29, 1.82) is 0 Å². The number of ether oxygens (including phenoxy) is 1. The van der Waals surface area contributed by atoms with Crippen LogP contribution in [0.15, 0.2) is 18.6 Å². The standard InChI is InChI=1S/C12H17N5O2/c1-4-16-7-11(9(2)15-16)12(18)14-10-5-13-17(6-10)8-19-3/h5-7H,4,8H2,1-3H3,(H,14,18). The summed E-state index contributed by atoms with van der Waals surface area (Å²) in [6.07, 6.45) is 5.03. The average Bonchev–Trinajstić information content (AvgIpc) is 2.96. The highest BCUT2D eigenvalue weighted by molar-refractivity contribution is 6.04. The number of hydrogen-bond acceptors (Lipinski definition) is 4. The summed E-state index contributed by atoms with van der Waals surface area (Å²) in [6.45, 7) is 4.88. The number of methoxy groups -OCH3 is 1. The average molecular weight is 263 g/mol. The molecule has 102 valence electrons. The van der Waals surface area contributed by atoms with Crippen LogP contribution in [0.5, 0.6) is 0 Å². The minimum Gasteiger partial charge on any atom is -0.362 e. The molecular weight excluding hydrogens is 246 g/mol. The number of nitrogens with one attached hydrogen (secondary N) is 1. The Hall–Kier alpha value is -2.15. The van der Waals surface area contributed by atoms with Crippen LogP contribution in [-0.4, -0.2) is 32.6 Å². The summed E-state index contributed by atoms with van der Waals surface area (Å²) in [5.41, 5.74) is 1.91. The van der Waals surface area contributed by atoms with E-state index >= 15 is 0 Å². The Balaban J connectivity index is 2.09. The molecule has 0 atom stereocenters. The Morgan fingerprint density at radius 3 is 2.84 bits per heavy atom. The molecule has 19 heavy (non-hydrogen) atoms. The first-order valence-corrected chi connectivity index (χ1v) is 6.00. The molecule has 0 unspecified atom stereocenters. The third-order valence-corrected chi connectivity index (χ3v) is 2.67. The molecule has 2 heterocycles. The molecule has 0 bridgehead atoms. The molecule has 7 nitrogen and oxygen atoms in total. The minimum atomic E-state index is -0.186. The topological polar surface area (TPSA) is 74.0 Å². The maximum Gasteiger partial charge on any atom is 0.259 e. The maximum absolute atomic E-state index is 12.1. The van der Waals surface area contributed by atoms with Crippen LogP contribution in [0.3, 0.4) is 0 Å². The first kappa shape index (κ1) is 13.3. The summed E-state index contributed by atoms with van der Waals surface area (Å²) < 4.78 is 8.27. The molecule has 0 saturated carbocycles. The van der Waals surface area contributed by atoms with Gasteiger partial charge in [0.1, 0.15) is 6.73 Å². The number of carbonyl (C=O) groups is 1. The van der Waals surface area contributed by atoms with E-state index in [1.54, 1.807) is 35.1 Å². The highest BCUT2D eigenvalue weighted by Crippen LogP contribution is 2.11. The van der Waals surface area contributed by atoms with Crippen LogP contribution in [0.4, 0.5) is 5.69 Å². The SMILES string of the molecule is CCn1cc(C(=O)Nc2cnn(COC)c2)c(C)n1. The van der Waals surface area contributed by atoms with Gasteiger partial charge in [0.2, 0.25) is 0 Å². The number of anilines is 1. The van der Waals surface area contributed by atoms with Crippen molar-refractivity contribution >= 4 is 11.6 Å². The number of aryl methyl sites for hydroxylation is 2. The molecule has 1 amide bonds. The molecule has 2 aromatic heterocycles. The smallest absolute Gasteiger partial charge is 0.259 e. The predicted molar refractivity (Wildman–Crippen MR) is 69.8 cm³/mol. The third kappa shape index (κ3) is 3.00. The van der Waals surface area contributed by atoms with Gasteiger partial charge in [-0.2, -0.15) is 10.2 Å². The van der Waals surface area contributed by atoms with E-state index in [-0.39, 0.29) is 5.91 Å². The van der Waals surface area contributed by atoms with E-state index in [4.69, 9.17) is 4.74 Å². The number of amides is 1. The first-order chi connectivity index (χ1) is 9.13. The highest BCUT2D eigenvalue weighted by Gasteiger charge is 2.13. The van der Waals surface area contributed by atoms with Crippen LogP contribution in [0, 0.1) is 6.92 Å². The van der Waals surface area contributed by atoms with E-state index in [9.17, 15) is 4.79 Å². The van der Waals surface area contributed by atoms with E-state index in [2.05, 4.69) is 15.5 Å². The quantitative estimate of drug-likeness (QED) is 0.881.